The fourth-order valence-electron chi connectivity index (χ4n) is 1.92. The molecular formula is C12H17NO5. The molecule has 0 spiro atoms. The number of anilines is 1. The van der Waals surface area contributed by atoms with E-state index in [-0.39, 0.29) is 0 Å². The Morgan fingerprint density at radius 2 is 1.67 bits per heavy atom. The van der Waals surface area contributed by atoms with Gasteiger partial charge >= 0.3 is 0 Å². The maximum absolute atomic E-state index is 9.80. The van der Waals surface area contributed by atoms with E-state index in [2.05, 4.69) is 5.32 Å². The number of aliphatic hydroxyl groups is 4. The van der Waals surface area contributed by atoms with Gasteiger partial charge in [0.05, 0.1) is 6.61 Å². The van der Waals surface area contributed by atoms with Crippen molar-refractivity contribution in [2.45, 2.75) is 30.6 Å². The second-order valence-electron chi connectivity index (χ2n) is 4.26. The van der Waals surface area contributed by atoms with Gasteiger partial charge in [0.2, 0.25) is 0 Å². The number of nitrogens with one attached hydrogen (secondary N) is 1. The SMILES string of the molecule is OC[C@@H]1O[C@@H](Nc2ccccc2)[C@@H](O)[C@H](O)[C@@H]1O. The van der Waals surface area contributed by atoms with E-state index in [4.69, 9.17) is 9.84 Å². The molecule has 5 N–H and O–H groups in total. The summed E-state index contributed by atoms with van der Waals surface area (Å²) in [5, 5.41) is 41.0. The molecule has 6 heteroatoms. The first-order valence-electron chi connectivity index (χ1n) is 5.75. The lowest BCUT2D eigenvalue weighted by atomic mass is 9.98. The Balaban J connectivity index is 2.08. The third-order valence-corrected chi connectivity index (χ3v) is 2.97. The number of hydrogen-bond acceptors (Lipinski definition) is 6. The molecule has 1 aromatic rings. The van der Waals surface area contributed by atoms with Crippen LogP contribution in [0.3, 0.4) is 0 Å². The maximum Gasteiger partial charge on any atom is 0.157 e. The minimum absolute atomic E-state index is 0.433. The van der Waals surface area contributed by atoms with Crippen LogP contribution in [-0.4, -0.2) is 57.7 Å². The second kappa shape index (κ2) is 5.64. The summed E-state index contributed by atoms with van der Waals surface area (Å²) >= 11 is 0. The van der Waals surface area contributed by atoms with Crippen molar-refractivity contribution < 1.29 is 25.2 Å². The zero-order chi connectivity index (χ0) is 13.1. The van der Waals surface area contributed by atoms with Gasteiger partial charge in [-0.15, -0.1) is 0 Å². The van der Waals surface area contributed by atoms with Gasteiger partial charge in [-0.1, -0.05) is 18.2 Å². The number of ether oxygens (including phenoxy) is 1. The zero-order valence-corrected chi connectivity index (χ0v) is 9.68. The van der Waals surface area contributed by atoms with Crippen LogP contribution in [0.15, 0.2) is 30.3 Å². The van der Waals surface area contributed by atoms with Gasteiger partial charge in [-0.25, -0.2) is 0 Å². The lowest BCUT2D eigenvalue weighted by Crippen LogP contribution is -2.60. The highest BCUT2D eigenvalue weighted by atomic mass is 16.6. The lowest BCUT2D eigenvalue weighted by Gasteiger charge is -2.40. The Morgan fingerprint density at radius 1 is 1.00 bits per heavy atom. The number of aliphatic hydroxyl groups excluding tert-OH is 4. The van der Waals surface area contributed by atoms with Crippen LogP contribution in [0.1, 0.15) is 0 Å². The Morgan fingerprint density at radius 3 is 2.28 bits per heavy atom. The molecule has 1 aromatic carbocycles. The number of hydrogen-bond donors (Lipinski definition) is 5. The first kappa shape index (κ1) is 13.3. The predicted molar refractivity (Wildman–Crippen MR) is 63.8 cm³/mol. The van der Waals surface area contributed by atoms with E-state index in [0.717, 1.165) is 0 Å². The maximum atomic E-state index is 9.80. The van der Waals surface area contributed by atoms with Crippen molar-refractivity contribution in [3.05, 3.63) is 30.3 Å². The van der Waals surface area contributed by atoms with Gasteiger partial charge in [0, 0.05) is 5.69 Å². The summed E-state index contributed by atoms with van der Waals surface area (Å²) in [6.45, 7) is -0.433. The molecule has 1 aliphatic heterocycles. The molecule has 0 radical (unpaired) electrons. The molecule has 2 rings (SSSR count). The quantitative estimate of drug-likeness (QED) is 0.470. The molecule has 0 amide bonds. The van der Waals surface area contributed by atoms with Gasteiger partial charge in [0.15, 0.2) is 6.23 Å². The Hall–Kier alpha value is -1.18. The fourth-order valence-corrected chi connectivity index (χ4v) is 1.92. The van der Waals surface area contributed by atoms with Crippen molar-refractivity contribution in [3.8, 4) is 0 Å². The molecule has 100 valence electrons. The van der Waals surface area contributed by atoms with E-state index in [1.54, 1.807) is 12.1 Å². The molecule has 6 nitrogen and oxygen atoms in total. The van der Waals surface area contributed by atoms with Crippen LogP contribution in [0.4, 0.5) is 5.69 Å². The van der Waals surface area contributed by atoms with Gasteiger partial charge < -0.3 is 30.5 Å². The average molecular weight is 255 g/mol. The van der Waals surface area contributed by atoms with Crippen LogP contribution in [0.5, 0.6) is 0 Å². The molecule has 0 aromatic heterocycles. The molecule has 0 aliphatic carbocycles. The van der Waals surface area contributed by atoms with E-state index in [0.29, 0.717) is 5.69 Å². The van der Waals surface area contributed by atoms with Crippen molar-refractivity contribution in [1.82, 2.24) is 0 Å². The van der Waals surface area contributed by atoms with E-state index < -0.39 is 37.3 Å². The third kappa shape index (κ3) is 2.63. The topological polar surface area (TPSA) is 102 Å². The van der Waals surface area contributed by atoms with Crippen molar-refractivity contribution in [3.63, 3.8) is 0 Å². The summed E-state index contributed by atoms with van der Waals surface area (Å²) in [5.41, 5.74) is 0.710. The molecule has 1 saturated heterocycles. The highest BCUT2D eigenvalue weighted by molar-refractivity contribution is 5.43. The van der Waals surface area contributed by atoms with Crippen LogP contribution >= 0.6 is 0 Å². The summed E-state index contributed by atoms with van der Waals surface area (Å²) in [6, 6.07) is 9.03. The van der Waals surface area contributed by atoms with Gasteiger partial charge in [0.25, 0.3) is 0 Å². The van der Waals surface area contributed by atoms with Crippen molar-refractivity contribution in [1.29, 1.82) is 0 Å². The number of para-hydroxylation sites is 1. The summed E-state index contributed by atoms with van der Waals surface area (Å²) in [6.07, 6.45) is -5.76. The third-order valence-electron chi connectivity index (χ3n) is 2.97. The van der Waals surface area contributed by atoms with Crippen molar-refractivity contribution >= 4 is 5.69 Å². The van der Waals surface area contributed by atoms with Crippen molar-refractivity contribution in [2.75, 3.05) is 11.9 Å². The normalized spacial score (nSPS) is 36.3. The smallest absolute Gasteiger partial charge is 0.157 e. The summed E-state index contributed by atoms with van der Waals surface area (Å²) in [7, 11) is 0. The van der Waals surface area contributed by atoms with E-state index in [1.165, 1.54) is 0 Å². The Kier molecular flexibility index (Phi) is 4.15. The second-order valence-corrected chi connectivity index (χ2v) is 4.26. The molecule has 1 heterocycles. The van der Waals surface area contributed by atoms with E-state index in [9.17, 15) is 15.3 Å². The average Bonchev–Trinajstić information content (AvgIpc) is 2.40. The van der Waals surface area contributed by atoms with Crippen LogP contribution < -0.4 is 5.32 Å². The zero-order valence-electron chi connectivity index (χ0n) is 9.68. The summed E-state index contributed by atoms with van der Waals surface area (Å²) in [4.78, 5) is 0. The molecule has 0 unspecified atom stereocenters. The molecule has 0 saturated carbocycles. The highest BCUT2D eigenvalue weighted by Crippen LogP contribution is 2.22. The van der Waals surface area contributed by atoms with Gasteiger partial charge in [-0.05, 0) is 12.1 Å². The molecule has 18 heavy (non-hydrogen) atoms. The molecule has 1 fully saturated rings. The molecule has 0 bridgehead atoms. The lowest BCUT2D eigenvalue weighted by molar-refractivity contribution is -0.221. The van der Waals surface area contributed by atoms with E-state index in [1.807, 2.05) is 18.2 Å². The minimum Gasteiger partial charge on any atom is -0.394 e. The first-order valence-corrected chi connectivity index (χ1v) is 5.75. The Labute approximate surface area is 104 Å². The fraction of sp³-hybridized carbons (Fsp3) is 0.500. The van der Waals surface area contributed by atoms with Crippen LogP contribution in [-0.2, 0) is 4.74 Å². The van der Waals surface area contributed by atoms with Crippen LogP contribution in [0, 0.1) is 0 Å². The molecular weight excluding hydrogens is 238 g/mol. The highest BCUT2D eigenvalue weighted by Gasteiger charge is 2.43. The van der Waals surface area contributed by atoms with E-state index >= 15 is 0 Å². The monoisotopic (exact) mass is 255 g/mol. The minimum atomic E-state index is -1.36. The summed E-state index contributed by atoms with van der Waals surface area (Å²) < 4.78 is 5.31. The summed E-state index contributed by atoms with van der Waals surface area (Å²) in [5.74, 6) is 0. The van der Waals surface area contributed by atoms with Crippen LogP contribution in [0.2, 0.25) is 0 Å². The number of benzene rings is 1. The Bertz CT molecular complexity index is 372. The first-order chi connectivity index (χ1) is 8.63. The van der Waals surface area contributed by atoms with Crippen LogP contribution in [0.25, 0.3) is 0 Å². The van der Waals surface area contributed by atoms with Gasteiger partial charge in [-0.3, -0.25) is 0 Å². The van der Waals surface area contributed by atoms with Gasteiger partial charge in [0.1, 0.15) is 24.4 Å². The molecule has 1 aliphatic rings. The predicted octanol–water partition coefficient (Wildman–Crippen LogP) is -1.10. The number of rotatable bonds is 3. The van der Waals surface area contributed by atoms with Gasteiger partial charge in [-0.2, -0.15) is 0 Å². The molecule has 5 atom stereocenters. The standard InChI is InChI=1S/C12H17NO5/c14-6-8-9(15)10(16)11(17)12(18-8)13-7-4-2-1-3-5-7/h1-5,8-17H,6H2/t8-,9+,10+,11-,12+/m0/s1. The van der Waals surface area contributed by atoms with Crippen molar-refractivity contribution in [2.24, 2.45) is 0 Å². The largest absolute Gasteiger partial charge is 0.394 e.